The van der Waals surface area contributed by atoms with Gasteiger partial charge in [-0.2, -0.15) is 0 Å². The number of benzene rings is 1. The Kier molecular flexibility index (Phi) is 4.71. The summed E-state index contributed by atoms with van der Waals surface area (Å²) in [4.78, 5) is 26.4. The molecular formula is C15H16N2O4. The van der Waals surface area contributed by atoms with Gasteiger partial charge >= 0.3 is 6.09 Å². The fourth-order valence-corrected chi connectivity index (χ4v) is 1.73. The van der Waals surface area contributed by atoms with Crippen molar-refractivity contribution in [1.29, 1.82) is 0 Å². The molecule has 1 amide bonds. The lowest BCUT2D eigenvalue weighted by Gasteiger charge is -2.11. The number of oxazole rings is 1. The Bertz CT molecular complexity index is 622. The lowest BCUT2D eigenvalue weighted by molar-refractivity contribution is 0.111. The molecule has 0 unspecified atom stereocenters. The van der Waals surface area contributed by atoms with Gasteiger partial charge in [0.25, 0.3) is 0 Å². The van der Waals surface area contributed by atoms with Crippen molar-refractivity contribution in [2.24, 2.45) is 0 Å². The number of aryl methyl sites for hydroxylation is 1. The highest BCUT2D eigenvalue weighted by atomic mass is 16.5. The van der Waals surface area contributed by atoms with Crippen molar-refractivity contribution in [1.82, 2.24) is 10.3 Å². The molecule has 0 saturated heterocycles. The van der Waals surface area contributed by atoms with E-state index in [9.17, 15) is 9.59 Å². The zero-order chi connectivity index (χ0) is 15.2. The molecule has 0 aliphatic carbocycles. The molecule has 6 nitrogen and oxygen atoms in total. The van der Waals surface area contributed by atoms with Gasteiger partial charge in [0.1, 0.15) is 24.1 Å². The average molecular weight is 288 g/mol. The second kappa shape index (κ2) is 6.69. The summed E-state index contributed by atoms with van der Waals surface area (Å²) in [5.74, 6) is 0.692. The van der Waals surface area contributed by atoms with Gasteiger partial charge in [0.15, 0.2) is 6.29 Å². The van der Waals surface area contributed by atoms with Crippen LogP contribution in [0.3, 0.4) is 0 Å². The Morgan fingerprint density at radius 1 is 1.43 bits per heavy atom. The van der Waals surface area contributed by atoms with Crippen molar-refractivity contribution in [3.63, 3.8) is 0 Å². The number of nitrogens with one attached hydrogen (secondary N) is 1. The van der Waals surface area contributed by atoms with E-state index in [1.807, 2.05) is 30.3 Å². The van der Waals surface area contributed by atoms with E-state index in [4.69, 9.17) is 9.15 Å². The number of hydrogen-bond donors (Lipinski definition) is 1. The minimum Gasteiger partial charge on any atom is -0.445 e. The molecular weight excluding hydrogens is 272 g/mol. The quantitative estimate of drug-likeness (QED) is 0.855. The summed E-state index contributed by atoms with van der Waals surface area (Å²) < 4.78 is 10.4. The number of alkyl carbamates (subject to hydrolysis) is 1. The maximum absolute atomic E-state index is 11.7. The molecule has 1 aromatic carbocycles. The SMILES string of the molecule is Cc1oc([C@H](C)NC(=O)OCc2ccccc2)nc1C=O. The fourth-order valence-electron chi connectivity index (χ4n) is 1.73. The summed E-state index contributed by atoms with van der Waals surface area (Å²) in [6, 6.07) is 8.88. The molecule has 0 bridgehead atoms. The van der Waals surface area contributed by atoms with Crippen LogP contribution in [0.25, 0.3) is 0 Å². The van der Waals surface area contributed by atoms with Gasteiger partial charge in [0, 0.05) is 0 Å². The Labute approximate surface area is 122 Å². The predicted octanol–water partition coefficient (Wildman–Crippen LogP) is 2.78. The third-order valence-electron chi connectivity index (χ3n) is 2.88. The highest BCUT2D eigenvalue weighted by Gasteiger charge is 2.17. The van der Waals surface area contributed by atoms with Crippen molar-refractivity contribution in [2.45, 2.75) is 26.5 Å². The van der Waals surface area contributed by atoms with E-state index in [-0.39, 0.29) is 18.2 Å². The van der Waals surface area contributed by atoms with Gasteiger partial charge in [-0.15, -0.1) is 0 Å². The third kappa shape index (κ3) is 3.92. The molecule has 2 rings (SSSR count). The molecule has 21 heavy (non-hydrogen) atoms. The molecule has 0 aliphatic heterocycles. The Hall–Kier alpha value is -2.63. The lowest BCUT2D eigenvalue weighted by Crippen LogP contribution is -2.27. The average Bonchev–Trinajstić information content (AvgIpc) is 2.87. The second-order valence-electron chi connectivity index (χ2n) is 4.54. The zero-order valence-corrected chi connectivity index (χ0v) is 11.8. The number of carbonyl (C=O) groups excluding carboxylic acids is 2. The maximum Gasteiger partial charge on any atom is 0.408 e. The van der Waals surface area contributed by atoms with Crippen molar-refractivity contribution < 1.29 is 18.7 Å². The van der Waals surface area contributed by atoms with Gasteiger partial charge in [-0.1, -0.05) is 30.3 Å². The van der Waals surface area contributed by atoms with E-state index in [1.165, 1.54) is 0 Å². The van der Waals surface area contributed by atoms with Gasteiger partial charge < -0.3 is 14.5 Å². The highest BCUT2D eigenvalue weighted by Crippen LogP contribution is 2.15. The van der Waals surface area contributed by atoms with Crippen LogP contribution in [0.2, 0.25) is 0 Å². The standard InChI is InChI=1S/C15H16N2O4/c1-10(14-17-13(8-18)11(2)21-14)16-15(19)20-9-12-6-4-3-5-7-12/h3-8,10H,9H2,1-2H3,(H,16,19)/t10-/m0/s1. The summed E-state index contributed by atoms with van der Waals surface area (Å²) in [7, 11) is 0. The van der Waals surface area contributed by atoms with Crippen LogP contribution in [-0.4, -0.2) is 17.4 Å². The van der Waals surface area contributed by atoms with E-state index < -0.39 is 12.1 Å². The molecule has 1 atom stereocenters. The van der Waals surface area contributed by atoms with E-state index >= 15 is 0 Å². The van der Waals surface area contributed by atoms with Crippen molar-refractivity contribution >= 4 is 12.4 Å². The van der Waals surface area contributed by atoms with Gasteiger partial charge in [-0.05, 0) is 19.4 Å². The first-order valence-corrected chi connectivity index (χ1v) is 6.50. The number of aldehydes is 1. The van der Waals surface area contributed by atoms with Crippen LogP contribution in [0.1, 0.15) is 40.7 Å². The first kappa shape index (κ1) is 14.8. The number of amides is 1. The van der Waals surface area contributed by atoms with Crippen LogP contribution < -0.4 is 5.32 Å². The summed E-state index contributed by atoms with van der Waals surface area (Å²) in [5.41, 5.74) is 1.13. The van der Waals surface area contributed by atoms with Crippen LogP contribution in [0, 0.1) is 6.92 Å². The Balaban J connectivity index is 1.88. The molecule has 1 N–H and O–H groups in total. The van der Waals surface area contributed by atoms with Gasteiger partial charge in [-0.3, -0.25) is 4.79 Å². The number of rotatable bonds is 5. The lowest BCUT2D eigenvalue weighted by atomic mass is 10.2. The summed E-state index contributed by atoms with van der Waals surface area (Å²) >= 11 is 0. The van der Waals surface area contributed by atoms with Gasteiger partial charge in [0.2, 0.25) is 5.89 Å². The predicted molar refractivity (Wildman–Crippen MR) is 74.8 cm³/mol. The summed E-state index contributed by atoms with van der Waals surface area (Å²) in [5, 5.41) is 2.60. The molecule has 6 heteroatoms. The molecule has 0 radical (unpaired) electrons. The molecule has 2 aromatic rings. The largest absolute Gasteiger partial charge is 0.445 e. The van der Waals surface area contributed by atoms with E-state index in [1.54, 1.807) is 13.8 Å². The molecule has 1 aromatic heterocycles. The van der Waals surface area contributed by atoms with E-state index in [0.29, 0.717) is 12.0 Å². The Morgan fingerprint density at radius 3 is 2.76 bits per heavy atom. The minimum atomic E-state index is -0.574. The third-order valence-corrected chi connectivity index (χ3v) is 2.88. The number of aromatic nitrogens is 1. The molecule has 110 valence electrons. The van der Waals surface area contributed by atoms with Crippen molar-refractivity contribution in [3.05, 3.63) is 53.2 Å². The van der Waals surface area contributed by atoms with Crippen molar-refractivity contribution in [3.8, 4) is 0 Å². The number of hydrogen-bond acceptors (Lipinski definition) is 5. The van der Waals surface area contributed by atoms with Crippen LogP contribution in [0.5, 0.6) is 0 Å². The maximum atomic E-state index is 11.7. The summed E-state index contributed by atoms with van der Waals surface area (Å²) in [6.07, 6.45) is 0.0397. The highest BCUT2D eigenvalue weighted by molar-refractivity contribution is 5.73. The zero-order valence-electron chi connectivity index (χ0n) is 11.8. The summed E-state index contributed by atoms with van der Waals surface area (Å²) in [6.45, 7) is 3.52. The fraction of sp³-hybridized carbons (Fsp3) is 0.267. The number of ether oxygens (including phenoxy) is 1. The smallest absolute Gasteiger partial charge is 0.408 e. The number of nitrogens with zero attached hydrogens (tertiary/aromatic N) is 1. The van der Waals surface area contributed by atoms with Gasteiger partial charge in [0.05, 0.1) is 0 Å². The second-order valence-corrected chi connectivity index (χ2v) is 4.54. The van der Waals surface area contributed by atoms with E-state index in [2.05, 4.69) is 10.3 Å². The first-order valence-electron chi connectivity index (χ1n) is 6.50. The molecule has 0 aliphatic rings. The molecule has 0 spiro atoms. The Morgan fingerprint density at radius 2 is 2.14 bits per heavy atom. The van der Waals surface area contributed by atoms with Gasteiger partial charge in [-0.25, -0.2) is 9.78 Å². The van der Waals surface area contributed by atoms with E-state index in [0.717, 1.165) is 5.56 Å². The van der Waals surface area contributed by atoms with Crippen LogP contribution in [0.4, 0.5) is 4.79 Å². The molecule has 0 fully saturated rings. The van der Waals surface area contributed by atoms with Crippen LogP contribution in [-0.2, 0) is 11.3 Å². The first-order chi connectivity index (χ1) is 10.1. The normalized spacial score (nSPS) is 11.7. The van der Waals surface area contributed by atoms with Crippen LogP contribution >= 0.6 is 0 Å². The molecule has 0 saturated carbocycles. The number of carbonyl (C=O) groups is 2. The van der Waals surface area contributed by atoms with Crippen LogP contribution in [0.15, 0.2) is 34.7 Å². The van der Waals surface area contributed by atoms with Crippen molar-refractivity contribution in [2.75, 3.05) is 0 Å². The molecule has 1 heterocycles. The monoisotopic (exact) mass is 288 g/mol. The minimum absolute atomic E-state index is 0.184. The topological polar surface area (TPSA) is 81.4 Å².